The molecule has 0 N–H and O–H groups in total. The van der Waals surface area contributed by atoms with Crippen molar-refractivity contribution in [3.05, 3.63) is 206 Å². The van der Waals surface area contributed by atoms with Gasteiger partial charge in [-0.25, -0.2) is 0 Å². The van der Waals surface area contributed by atoms with Crippen molar-refractivity contribution in [1.29, 1.82) is 0 Å². The minimum Gasteiger partial charge on any atom is -0.0622 e. The fourth-order valence-electron chi connectivity index (χ4n) is 10.5. The molecule has 0 aliphatic carbocycles. The molecule has 0 amide bonds. The van der Waals surface area contributed by atoms with E-state index in [-0.39, 0.29) is 0 Å². The second-order valence-electron chi connectivity index (χ2n) is 15.9. The van der Waals surface area contributed by atoms with E-state index in [0.29, 0.717) is 0 Å². The Hall–Kier alpha value is -7.54. The third kappa shape index (κ3) is 4.35. The summed E-state index contributed by atoms with van der Waals surface area (Å²) in [6.07, 6.45) is 0. The molecule has 0 aromatic heterocycles. The van der Waals surface area contributed by atoms with E-state index in [9.17, 15) is 0 Å². The zero-order valence-corrected chi connectivity index (χ0v) is 31.6. The van der Waals surface area contributed by atoms with Gasteiger partial charge in [0.1, 0.15) is 0 Å². The highest BCUT2D eigenvalue weighted by molar-refractivity contribution is 6.47. The van der Waals surface area contributed by atoms with Gasteiger partial charge in [0.05, 0.1) is 0 Å². The van der Waals surface area contributed by atoms with Gasteiger partial charge in [0.15, 0.2) is 0 Å². The molecule has 13 aromatic carbocycles. The third-order valence-electron chi connectivity index (χ3n) is 12.9. The second kappa shape index (κ2) is 12.0. The Morgan fingerprint density at radius 3 is 0.983 bits per heavy atom. The van der Waals surface area contributed by atoms with E-state index in [4.69, 9.17) is 0 Å². The minimum atomic E-state index is 1.24. The Morgan fingerprint density at radius 1 is 0.190 bits per heavy atom. The molecule has 0 atom stereocenters. The maximum absolute atomic E-state index is 2.41. The lowest BCUT2D eigenvalue weighted by molar-refractivity contribution is 1.68. The lowest BCUT2D eigenvalue weighted by atomic mass is 9.87. The van der Waals surface area contributed by atoms with Crippen molar-refractivity contribution in [1.82, 2.24) is 0 Å². The largest absolute Gasteiger partial charge is 0.0622 e. The van der Waals surface area contributed by atoms with Crippen LogP contribution in [-0.4, -0.2) is 0 Å². The maximum Gasteiger partial charge on any atom is -0.000718 e. The molecule has 0 bridgehead atoms. The lowest BCUT2D eigenvalue weighted by Crippen LogP contribution is -1.87. The van der Waals surface area contributed by atoms with Gasteiger partial charge in [0.2, 0.25) is 0 Å². The zero-order valence-electron chi connectivity index (χ0n) is 31.6. The number of hydrogen-bond acceptors (Lipinski definition) is 0. The summed E-state index contributed by atoms with van der Waals surface area (Å²) >= 11 is 0. The van der Waals surface area contributed by atoms with Gasteiger partial charge in [-0.15, -0.1) is 0 Å². The van der Waals surface area contributed by atoms with Crippen LogP contribution in [0.2, 0.25) is 0 Å². The Morgan fingerprint density at radius 2 is 0.552 bits per heavy atom. The van der Waals surface area contributed by atoms with E-state index >= 15 is 0 Å². The van der Waals surface area contributed by atoms with Crippen LogP contribution >= 0.6 is 0 Å². The van der Waals surface area contributed by atoms with Crippen LogP contribution in [-0.2, 0) is 0 Å². The summed E-state index contributed by atoms with van der Waals surface area (Å²) in [6, 6.07) is 77.0. The molecule has 0 aliphatic heterocycles. The van der Waals surface area contributed by atoms with Crippen LogP contribution < -0.4 is 0 Å². The number of fused-ring (bicyclic) bond motifs is 8. The van der Waals surface area contributed by atoms with Crippen molar-refractivity contribution in [3.8, 4) is 44.5 Å². The van der Waals surface area contributed by atoms with Crippen LogP contribution in [0.5, 0.6) is 0 Å². The van der Waals surface area contributed by atoms with Crippen LogP contribution in [0.25, 0.3) is 131 Å². The van der Waals surface area contributed by atoms with Crippen molar-refractivity contribution >= 4 is 86.2 Å². The highest BCUT2D eigenvalue weighted by Gasteiger charge is 2.28. The highest BCUT2D eigenvalue weighted by Crippen LogP contribution is 2.56. The SMILES string of the molecule is c1ccc(-c2c3c4cccc5c(-c6ccc7ccccc7c6)ccc(c3c(-c3ccccc3)c3c6cccc7c(-c8ccc9ccccc9c8)ccc(c23)c76)c54)cc1. The summed E-state index contributed by atoms with van der Waals surface area (Å²) in [7, 11) is 0. The number of hydrogen-bond donors (Lipinski definition) is 0. The number of benzene rings is 11. The predicted molar refractivity (Wildman–Crippen MR) is 251 cm³/mol. The maximum atomic E-state index is 2.41. The molecule has 13 rings (SSSR count). The molecule has 266 valence electrons. The summed E-state index contributed by atoms with van der Waals surface area (Å²) in [4.78, 5) is 0. The van der Waals surface area contributed by atoms with E-state index < -0.39 is 0 Å². The van der Waals surface area contributed by atoms with Gasteiger partial charge in [-0.1, -0.05) is 194 Å². The Kier molecular flexibility index (Phi) is 6.54. The average molecular weight is 731 g/mol. The van der Waals surface area contributed by atoms with Crippen LogP contribution in [0.4, 0.5) is 0 Å². The predicted octanol–water partition coefficient (Wildman–Crippen LogP) is 16.5. The molecule has 0 aliphatic rings. The first-order chi connectivity index (χ1) is 28.8. The molecule has 0 saturated heterocycles. The van der Waals surface area contributed by atoms with Gasteiger partial charge in [-0.3, -0.25) is 0 Å². The molecule has 0 saturated carbocycles. The Balaban J connectivity index is 1.22. The lowest BCUT2D eigenvalue weighted by Gasteiger charge is -2.15. The molecule has 58 heavy (non-hydrogen) atoms. The summed E-state index contributed by atoms with van der Waals surface area (Å²) < 4.78 is 0. The normalized spacial score (nSPS) is 12.1. The Labute approximate surface area is 335 Å². The zero-order chi connectivity index (χ0) is 37.9. The fourth-order valence-corrected chi connectivity index (χ4v) is 10.5. The summed E-state index contributed by atoms with van der Waals surface area (Å²) in [5, 5.41) is 20.9. The van der Waals surface area contributed by atoms with Crippen molar-refractivity contribution < 1.29 is 0 Å². The molecular formula is C58H34. The number of rotatable bonds is 4. The van der Waals surface area contributed by atoms with Crippen LogP contribution in [0, 0.1) is 0 Å². The fraction of sp³-hybridized carbons (Fsp3) is 0. The molecule has 0 unspecified atom stereocenters. The second-order valence-corrected chi connectivity index (χ2v) is 15.9. The summed E-state index contributed by atoms with van der Waals surface area (Å²) in [6.45, 7) is 0. The van der Waals surface area contributed by atoms with E-state index in [1.165, 1.54) is 131 Å². The first kappa shape index (κ1) is 31.6. The molecule has 0 heterocycles. The highest BCUT2D eigenvalue weighted by atomic mass is 14.3. The minimum absolute atomic E-state index is 1.24. The first-order valence-electron chi connectivity index (χ1n) is 20.3. The van der Waals surface area contributed by atoms with Crippen molar-refractivity contribution in [2.24, 2.45) is 0 Å². The molecule has 0 spiro atoms. The molecule has 0 radical (unpaired) electrons. The third-order valence-corrected chi connectivity index (χ3v) is 12.9. The van der Waals surface area contributed by atoms with Crippen molar-refractivity contribution in [2.75, 3.05) is 0 Å². The van der Waals surface area contributed by atoms with Gasteiger partial charge >= 0.3 is 0 Å². The monoisotopic (exact) mass is 730 g/mol. The van der Waals surface area contributed by atoms with Gasteiger partial charge in [-0.2, -0.15) is 0 Å². The molecular weight excluding hydrogens is 697 g/mol. The summed E-state index contributed by atoms with van der Waals surface area (Å²) in [5.41, 5.74) is 10.2. The standard InChI is InChI=1S/C58H34/c1-3-15-37(16-4-1)51-55-47-23-11-21-45-44(42-28-26-36-14-8-10-20-40(36)34-42)30-32-50(53(45)47)58(55)52(38-17-5-2-6-18-38)56-48-24-12-22-46-43(29-31-49(54(46)48)57(51)56)41-27-25-35-13-7-9-19-39(35)33-41/h1-34H. The molecule has 0 fully saturated rings. The van der Waals surface area contributed by atoms with E-state index in [1.807, 2.05) is 0 Å². The van der Waals surface area contributed by atoms with Crippen molar-refractivity contribution in [3.63, 3.8) is 0 Å². The topological polar surface area (TPSA) is 0 Å². The van der Waals surface area contributed by atoms with Crippen molar-refractivity contribution in [2.45, 2.75) is 0 Å². The van der Waals surface area contributed by atoms with Gasteiger partial charge in [0, 0.05) is 0 Å². The van der Waals surface area contributed by atoms with Gasteiger partial charge in [-0.05, 0) is 143 Å². The van der Waals surface area contributed by atoms with Crippen LogP contribution in [0.15, 0.2) is 206 Å². The Bertz CT molecular complexity index is 3460. The van der Waals surface area contributed by atoms with Crippen LogP contribution in [0.1, 0.15) is 0 Å². The smallest absolute Gasteiger partial charge is 0.000718 e. The van der Waals surface area contributed by atoms with Crippen LogP contribution in [0.3, 0.4) is 0 Å². The first-order valence-corrected chi connectivity index (χ1v) is 20.3. The molecule has 0 heteroatoms. The molecule has 13 aromatic rings. The van der Waals surface area contributed by atoms with E-state index in [0.717, 1.165) is 0 Å². The molecule has 0 nitrogen and oxygen atoms in total. The average Bonchev–Trinajstić information content (AvgIpc) is 3.81. The van der Waals surface area contributed by atoms with E-state index in [1.54, 1.807) is 0 Å². The quantitative estimate of drug-likeness (QED) is 0.169. The van der Waals surface area contributed by atoms with Gasteiger partial charge in [0.25, 0.3) is 0 Å². The van der Waals surface area contributed by atoms with E-state index in [2.05, 4.69) is 206 Å². The summed E-state index contributed by atoms with van der Waals surface area (Å²) in [5.74, 6) is 0. The van der Waals surface area contributed by atoms with Gasteiger partial charge < -0.3 is 0 Å².